The Morgan fingerprint density at radius 1 is 1.31 bits per heavy atom. The maximum atomic E-state index is 12.4. The van der Waals surface area contributed by atoms with Crippen LogP contribution in [0, 0.1) is 5.92 Å². The van der Waals surface area contributed by atoms with Gasteiger partial charge >= 0.3 is 11.9 Å². The molecular weight excluding hydrogens is 338 g/mol. The number of nitrogens with zero attached hydrogens (tertiary/aromatic N) is 1. The number of piperidine rings is 1. The summed E-state index contributed by atoms with van der Waals surface area (Å²) >= 11 is 0. The van der Waals surface area contributed by atoms with E-state index in [0.29, 0.717) is 12.5 Å². The number of hydrogen-bond donors (Lipinski definition) is 0. The number of esters is 2. The van der Waals surface area contributed by atoms with E-state index in [1.54, 1.807) is 6.26 Å². The molecule has 0 aromatic carbocycles. The van der Waals surface area contributed by atoms with Gasteiger partial charge in [0.2, 0.25) is 0 Å². The monoisotopic (exact) mass is 359 g/mol. The second-order valence-corrected chi connectivity index (χ2v) is 6.84. The summed E-state index contributed by atoms with van der Waals surface area (Å²) in [5.74, 6) is -0.138. The van der Waals surface area contributed by atoms with Crippen molar-refractivity contribution in [1.29, 1.82) is 0 Å². The number of likely N-dealkylation sites (tertiary alicyclic amines) is 1. The molecule has 4 atom stereocenters. The zero-order valence-electron chi connectivity index (χ0n) is 14.7. The Balaban J connectivity index is 1.75. The molecule has 0 radical (unpaired) electrons. The smallest absolute Gasteiger partial charge is 0.354 e. The van der Waals surface area contributed by atoms with Crippen LogP contribution in [0.1, 0.15) is 24.6 Å². The third-order valence-corrected chi connectivity index (χ3v) is 5.50. The van der Waals surface area contributed by atoms with Crippen molar-refractivity contribution in [2.24, 2.45) is 5.92 Å². The first-order valence-electron chi connectivity index (χ1n) is 8.61. The van der Waals surface area contributed by atoms with Crippen molar-refractivity contribution in [1.82, 2.24) is 4.90 Å². The van der Waals surface area contributed by atoms with E-state index in [9.17, 15) is 9.59 Å². The van der Waals surface area contributed by atoms with Crippen molar-refractivity contribution >= 4 is 11.9 Å². The fraction of sp³-hybridized carbons (Fsp3) is 0.474. The highest BCUT2D eigenvalue weighted by molar-refractivity contribution is 5.95. The van der Waals surface area contributed by atoms with E-state index in [1.165, 1.54) is 20.3 Å². The fourth-order valence-electron chi connectivity index (χ4n) is 4.30. The van der Waals surface area contributed by atoms with Gasteiger partial charge in [0.25, 0.3) is 0 Å². The molecule has 3 aliphatic rings. The average Bonchev–Trinajstić information content (AvgIpc) is 3.38. The van der Waals surface area contributed by atoms with Gasteiger partial charge in [-0.25, -0.2) is 9.59 Å². The minimum Gasteiger partial charge on any atom is -0.467 e. The van der Waals surface area contributed by atoms with Crippen molar-refractivity contribution in [3.05, 3.63) is 48.1 Å². The van der Waals surface area contributed by atoms with E-state index in [-0.39, 0.29) is 17.8 Å². The van der Waals surface area contributed by atoms with Crippen molar-refractivity contribution in [3.8, 4) is 0 Å². The van der Waals surface area contributed by atoms with E-state index in [1.807, 2.05) is 17.0 Å². The molecule has 1 spiro atoms. The first kappa shape index (κ1) is 16.9. The van der Waals surface area contributed by atoms with Crippen LogP contribution in [0.15, 0.2) is 46.7 Å². The summed E-state index contributed by atoms with van der Waals surface area (Å²) < 4.78 is 21.4. The molecule has 0 saturated carbocycles. The predicted octanol–water partition coefficient (Wildman–Crippen LogP) is 1.97. The van der Waals surface area contributed by atoms with Crippen molar-refractivity contribution in [2.75, 3.05) is 20.8 Å². The summed E-state index contributed by atoms with van der Waals surface area (Å²) in [5, 5.41) is 0. The molecule has 1 aromatic heterocycles. The Morgan fingerprint density at radius 2 is 2.15 bits per heavy atom. The molecule has 0 amide bonds. The van der Waals surface area contributed by atoms with E-state index >= 15 is 0 Å². The van der Waals surface area contributed by atoms with Crippen LogP contribution >= 0.6 is 0 Å². The van der Waals surface area contributed by atoms with Crippen LogP contribution in [-0.2, 0) is 23.8 Å². The first-order valence-corrected chi connectivity index (χ1v) is 8.61. The summed E-state index contributed by atoms with van der Waals surface area (Å²) in [6.45, 7) is 0.438. The molecule has 7 heteroatoms. The Kier molecular flexibility index (Phi) is 4.11. The molecule has 3 aliphatic heterocycles. The van der Waals surface area contributed by atoms with Gasteiger partial charge in [-0.1, -0.05) is 12.2 Å². The highest BCUT2D eigenvalue weighted by Gasteiger charge is 2.56. The molecule has 26 heavy (non-hydrogen) atoms. The minimum atomic E-state index is -0.615. The van der Waals surface area contributed by atoms with Gasteiger partial charge in [-0.05, 0) is 30.9 Å². The highest BCUT2D eigenvalue weighted by atomic mass is 16.5. The van der Waals surface area contributed by atoms with Gasteiger partial charge < -0.3 is 23.5 Å². The van der Waals surface area contributed by atoms with Gasteiger partial charge in [-0.3, -0.25) is 0 Å². The van der Waals surface area contributed by atoms with Crippen LogP contribution in [0.3, 0.4) is 0 Å². The highest BCUT2D eigenvalue weighted by Crippen LogP contribution is 2.52. The molecule has 0 unspecified atom stereocenters. The largest absolute Gasteiger partial charge is 0.467 e. The van der Waals surface area contributed by atoms with Crippen LogP contribution in [-0.4, -0.2) is 49.3 Å². The van der Waals surface area contributed by atoms with E-state index in [2.05, 4.69) is 12.2 Å². The number of carbonyl (C=O) groups is 2. The van der Waals surface area contributed by atoms with Gasteiger partial charge in [0.05, 0.1) is 45.2 Å². The number of carbonyl (C=O) groups excluding carboxylic acids is 2. The molecule has 0 N–H and O–H groups in total. The molecular formula is C19H21NO6. The molecule has 4 rings (SSSR count). The van der Waals surface area contributed by atoms with E-state index in [0.717, 1.165) is 18.6 Å². The van der Waals surface area contributed by atoms with Crippen molar-refractivity contribution in [3.63, 3.8) is 0 Å². The van der Waals surface area contributed by atoms with Gasteiger partial charge in [0.15, 0.2) is 0 Å². The Morgan fingerprint density at radius 3 is 2.81 bits per heavy atom. The third kappa shape index (κ3) is 2.63. The molecule has 2 bridgehead atoms. The second-order valence-electron chi connectivity index (χ2n) is 6.84. The lowest BCUT2D eigenvalue weighted by Gasteiger charge is -2.47. The Bertz CT molecular complexity index is 767. The Hall–Kier alpha value is -2.54. The third-order valence-electron chi connectivity index (χ3n) is 5.50. The summed E-state index contributed by atoms with van der Waals surface area (Å²) in [6.07, 6.45) is 8.76. The topological polar surface area (TPSA) is 78.2 Å². The first-order chi connectivity index (χ1) is 12.6. The maximum absolute atomic E-state index is 12.4. The number of furan rings is 1. The second kappa shape index (κ2) is 6.32. The van der Waals surface area contributed by atoms with E-state index in [4.69, 9.17) is 18.6 Å². The van der Waals surface area contributed by atoms with Gasteiger partial charge in [0.1, 0.15) is 17.1 Å². The summed E-state index contributed by atoms with van der Waals surface area (Å²) in [5.41, 5.74) is -0.308. The van der Waals surface area contributed by atoms with Crippen LogP contribution in [0.5, 0.6) is 0 Å². The standard InChI is InChI=1S/C19H21NO6/c1-23-17(21)10-15(18(22)24-2)20-11-19-6-5-13(26-19)8-12(19)9-14(20)16-4-3-7-25-16/h3-7,10,12-14H,8-9,11H2,1-2H3/b15-10+/t12-,13+,14-,19+/m0/s1. The lowest BCUT2D eigenvalue weighted by atomic mass is 9.74. The molecule has 1 aromatic rings. The lowest BCUT2D eigenvalue weighted by molar-refractivity contribution is -0.142. The molecule has 4 heterocycles. The summed E-state index contributed by atoms with van der Waals surface area (Å²) in [4.78, 5) is 26.1. The predicted molar refractivity (Wildman–Crippen MR) is 89.7 cm³/mol. The number of ether oxygens (including phenoxy) is 3. The maximum Gasteiger partial charge on any atom is 0.354 e. The van der Waals surface area contributed by atoms with Crippen LogP contribution in [0.4, 0.5) is 0 Å². The normalized spacial score (nSPS) is 32.5. The Labute approximate surface area is 151 Å². The van der Waals surface area contributed by atoms with Crippen LogP contribution < -0.4 is 0 Å². The number of rotatable bonds is 4. The quantitative estimate of drug-likeness (QED) is 0.462. The fourth-order valence-corrected chi connectivity index (χ4v) is 4.30. The lowest BCUT2D eigenvalue weighted by Crippen LogP contribution is -2.52. The van der Waals surface area contributed by atoms with Gasteiger partial charge in [0, 0.05) is 0 Å². The molecule has 2 saturated heterocycles. The zero-order valence-corrected chi connectivity index (χ0v) is 14.7. The number of fused-ring (bicyclic) bond motifs is 1. The number of hydrogen-bond acceptors (Lipinski definition) is 7. The zero-order chi connectivity index (χ0) is 18.3. The minimum absolute atomic E-state index is 0.114. The van der Waals surface area contributed by atoms with Crippen molar-refractivity contribution < 1.29 is 28.2 Å². The molecule has 138 valence electrons. The molecule has 0 aliphatic carbocycles. The summed E-state index contributed by atoms with van der Waals surface area (Å²) in [6, 6.07) is 3.51. The average molecular weight is 359 g/mol. The van der Waals surface area contributed by atoms with Gasteiger partial charge in [-0.15, -0.1) is 0 Å². The SMILES string of the molecule is COC(=O)/C=C(\C(=O)OC)N1C[C@]23C=C[C@H](C[C@H]2C[C@H]1c1ccco1)O3. The van der Waals surface area contributed by atoms with E-state index < -0.39 is 17.5 Å². The molecule has 7 nitrogen and oxygen atoms in total. The van der Waals surface area contributed by atoms with Gasteiger partial charge in [-0.2, -0.15) is 0 Å². The van der Waals surface area contributed by atoms with Crippen molar-refractivity contribution in [2.45, 2.75) is 30.6 Å². The van der Waals surface area contributed by atoms with Crippen LogP contribution in [0.2, 0.25) is 0 Å². The van der Waals surface area contributed by atoms with Crippen LogP contribution in [0.25, 0.3) is 0 Å². The summed E-state index contributed by atoms with van der Waals surface area (Å²) in [7, 11) is 2.56. The number of methoxy groups -OCH3 is 2. The molecule has 2 fully saturated rings.